The lowest BCUT2D eigenvalue weighted by Crippen LogP contribution is -2.44. The number of nitrogens with one attached hydrogen (secondary N) is 1. The van der Waals surface area contributed by atoms with Crippen LogP contribution in [0.5, 0.6) is 0 Å². The highest BCUT2D eigenvalue weighted by Gasteiger charge is 2.30. The number of carbonyl (C=O) groups excluding carboxylic acids is 1. The van der Waals surface area contributed by atoms with Gasteiger partial charge < -0.3 is 15.2 Å². The Bertz CT molecular complexity index is 515. The molecule has 1 aromatic rings. The molecule has 1 aliphatic rings. The lowest BCUT2D eigenvalue weighted by atomic mass is 9.97. The minimum atomic E-state index is -0.999. The van der Waals surface area contributed by atoms with E-state index in [0.29, 0.717) is 13.0 Å². The van der Waals surface area contributed by atoms with Gasteiger partial charge in [0.25, 0.3) is 5.91 Å². The highest BCUT2D eigenvalue weighted by atomic mass is 16.5. The van der Waals surface area contributed by atoms with E-state index in [-0.39, 0.29) is 5.91 Å². The van der Waals surface area contributed by atoms with Crippen LogP contribution in [0.15, 0.2) is 24.3 Å². The third-order valence-electron chi connectivity index (χ3n) is 3.69. The first-order valence-corrected chi connectivity index (χ1v) is 7.36. The Morgan fingerprint density at radius 3 is 2.90 bits per heavy atom. The summed E-state index contributed by atoms with van der Waals surface area (Å²) >= 11 is 0. The summed E-state index contributed by atoms with van der Waals surface area (Å²) in [5.41, 5.74) is 1.92. The van der Waals surface area contributed by atoms with Crippen LogP contribution in [0.2, 0.25) is 0 Å². The summed E-state index contributed by atoms with van der Waals surface area (Å²) in [6.45, 7) is 2.46. The monoisotopic (exact) mass is 291 g/mol. The van der Waals surface area contributed by atoms with Gasteiger partial charge in [-0.25, -0.2) is 4.79 Å². The second-order valence-corrected chi connectivity index (χ2v) is 5.24. The number of hydrogen-bond acceptors (Lipinski definition) is 3. The van der Waals surface area contributed by atoms with Crippen molar-refractivity contribution in [1.82, 2.24) is 5.32 Å². The Hall–Kier alpha value is -1.88. The first kappa shape index (κ1) is 15.5. The first-order valence-electron chi connectivity index (χ1n) is 7.36. The number of aliphatic carboxylic acids is 1. The van der Waals surface area contributed by atoms with E-state index in [1.807, 2.05) is 31.2 Å². The van der Waals surface area contributed by atoms with Crippen LogP contribution in [0.4, 0.5) is 0 Å². The van der Waals surface area contributed by atoms with Gasteiger partial charge in [0.2, 0.25) is 0 Å². The van der Waals surface area contributed by atoms with Gasteiger partial charge in [-0.3, -0.25) is 4.79 Å². The zero-order chi connectivity index (χ0) is 15.2. The summed E-state index contributed by atoms with van der Waals surface area (Å²) in [6, 6.07) is 6.78. The number of ether oxygens (including phenoxy) is 1. The second kappa shape index (κ2) is 7.22. The molecule has 5 heteroatoms. The van der Waals surface area contributed by atoms with Gasteiger partial charge >= 0.3 is 5.97 Å². The van der Waals surface area contributed by atoms with E-state index in [2.05, 4.69) is 5.32 Å². The molecule has 2 atom stereocenters. The van der Waals surface area contributed by atoms with Gasteiger partial charge in [0.1, 0.15) is 6.04 Å². The lowest BCUT2D eigenvalue weighted by molar-refractivity contribution is -0.145. The van der Waals surface area contributed by atoms with Gasteiger partial charge in [-0.2, -0.15) is 0 Å². The molecule has 2 unspecified atom stereocenters. The van der Waals surface area contributed by atoms with Gasteiger partial charge in [0.15, 0.2) is 6.10 Å². The van der Waals surface area contributed by atoms with Gasteiger partial charge in [0, 0.05) is 0 Å². The molecule has 0 bridgehead atoms. The van der Waals surface area contributed by atoms with Gasteiger partial charge in [-0.05, 0) is 24.0 Å². The van der Waals surface area contributed by atoms with Gasteiger partial charge in [-0.1, -0.05) is 44.0 Å². The highest BCUT2D eigenvalue weighted by molar-refractivity contribution is 5.87. The van der Waals surface area contributed by atoms with Crippen LogP contribution in [-0.4, -0.2) is 29.6 Å². The Balaban J connectivity index is 2.08. The Morgan fingerprint density at radius 2 is 2.19 bits per heavy atom. The van der Waals surface area contributed by atoms with E-state index in [1.165, 1.54) is 0 Å². The van der Waals surface area contributed by atoms with E-state index in [0.717, 1.165) is 30.4 Å². The molecule has 1 amide bonds. The van der Waals surface area contributed by atoms with Crippen molar-refractivity contribution < 1.29 is 19.4 Å². The summed E-state index contributed by atoms with van der Waals surface area (Å²) in [6.07, 6.45) is 2.16. The normalized spacial score (nSPS) is 18.6. The number of benzene rings is 1. The topological polar surface area (TPSA) is 75.6 Å². The fourth-order valence-electron chi connectivity index (χ4n) is 2.52. The van der Waals surface area contributed by atoms with Gasteiger partial charge in [0.05, 0.1) is 6.61 Å². The molecule has 2 rings (SSSR count). The van der Waals surface area contributed by atoms with E-state index in [9.17, 15) is 14.7 Å². The number of amides is 1. The number of unbranched alkanes of at least 4 members (excludes halogenated alkanes) is 1. The number of fused-ring (bicyclic) bond motifs is 1. The number of carbonyl (C=O) groups is 2. The first-order chi connectivity index (χ1) is 10.1. The molecule has 1 heterocycles. The average Bonchev–Trinajstić information content (AvgIpc) is 2.50. The van der Waals surface area contributed by atoms with E-state index < -0.39 is 18.1 Å². The molecule has 1 aliphatic heterocycles. The molecular weight excluding hydrogens is 270 g/mol. The van der Waals surface area contributed by atoms with Crippen molar-refractivity contribution in [3.63, 3.8) is 0 Å². The Kier molecular flexibility index (Phi) is 5.33. The van der Waals surface area contributed by atoms with E-state index >= 15 is 0 Å². The number of rotatable bonds is 6. The van der Waals surface area contributed by atoms with Crippen molar-refractivity contribution in [2.24, 2.45) is 0 Å². The number of hydrogen-bond donors (Lipinski definition) is 2. The number of carboxylic acid groups (broad SMARTS) is 1. The predicted octanol–water partition coefficient (Wildman–Crippen LogP) is 2.06. The van der Waals surface area contributed by atoms with Crippen molar-refractivity contribution in [3.8, 4) is 0 Å². The molecule has 0 saturated carbocycles. The minimum absolute atomic E-state index is 0.370. The zero-order valence-corrected chi connectivity index (χ0v) is 12.2. The van der Waals surface area contributed by atoms with Crippen molar-refractivity contribution in [3.05, 3.63) is 35.4 Å². The van der Waals surface area contributed by atoms with Crippen LogP contribution in [-0.2, 0) is 20.7 Å². The maximum absolute atomic E-state index is 12.3. The van der Waals surface area contributed by atoms with Crippen LogP contribution >= 0.6 is 0 Å². The van der Waals surface area contributed by atoms with Crippen molar-refractivity contribution >= 4 is 11.9 Å². The van der Waals surface area contributed by atoms with Crippen LogP contribution in [0.1, 0.15) is 43.4 Å². The number of carboxylic acids is 1. The fourth-order valence-corrected chi connectivity index (χ4v) is 2.52. The molecule has 0 spiro atoms. The van der Waals surface area contributed by atoms with Crippen LogP contribution in [0.3, 0.4) is 0 Å². The highest BCUT2D eigenvalue weighted by Crippen LogP contribution is 2.27. The SMILES string of the molecule is CCCCC(NC(=O)C1OCCc2ccccc21)C(=O)O. The van der Waals surface area contributed by atoms with Crippen molar-refractivity contribution in [1.29, 1.82) is 0 Å². The standard InChI is InChI=1S/C16H21NO4/c1-2-3-8-13(16(19)20)17-15(18)14-12-7-5-4-6-11(12)9-10-21-14/h4-7,13-14H,2-3,8-10H2,1H3,(H,17,18)(H,19,20). The molecule has 0 radical (unpaired) electrons. The third kappa shape index (κ3) is 3.82. The molecule has 2 N–H and O–H groups in total. The molecule has 114 valence electrons. The van der Waals surface area contributed by atoms with Gasteiger partial charge in [-0.15, -0.1) is 0 Å². The summed E-state index contributed by atoms with van der Waals surface area (Å²) in [5.74, 6) is -1.37. The largest absolute Gasteiger partial charge is 0.480 e. The Morgan fingerprint density at radius 1 is 1.43 bits per heavy atom. The molecule has 0 aliphatic carbocycles. The maximum Gasteiger partial charge on any atom is 0.326 e. The summed E-state index contributed by atoms with van der Waals surface area (Å²) in [5, 5.41) is 11.8. The van der Waals surface area contributed by atoms with E-state index in [1.54, 1.807) is 0 Å². The molecule has 5 nitrogen and oxygen atoms in total. The smallest absolute Gasteiger partial charge is 0.326 e. The molecule has 1 aromatic carbocycles. The second-order valence-electron chi connectivity index (χ2n) is 5.24. The lowest BCUT2D eigenvalue weighted by Gasteiger charge is -2.26. The van der Waals surface area contributed by atoms with Crippen molar-refractivity contribution in [2.45, 2.75) is 44.8 Å². The predicted molar refractivity (Wildman–Crippen MR) is 77.9 cm³/mol. The Labute approximate surface area is 124 Å². The average molecular weight is 291 g/mol. The van der Waals surface area contributed by atoms with E-state index in [4.69, 9.17) is 4.74 Å². The molecule has 0 saturated heterocycles. The zero-order valence-electron chi connectivity index (χ0n) is 12.2. The molecular formula is C16H21NO4. The van der Waals surface area contributed by atoms with Crippen molar-refractivity contribution in [2.75, 3.05) is 6.61 Å². The fraction of sp³-hybridized carbons (Fsp3) is 0.500. The third-order valence-corrected chi connectivity index (χ3v) is 3.69. The molecule has 0 aromatic heterocycles. The summed E-state index contributed by atoms with van der Waals surface area (Å²) in [7, 11) is 0. The molecule has 21 heavy (non-hydrogen) atoms. The minimum Gasteiger partial charge on any atom is -0.480 e. The summed E-state index contributed by atoms with van der Waals surface area (Å²) in [4.78, 5) is 23.6. The maximum atomic E-state index is 12.3. The quantitative estimate of drug-likeness (QED) is 0.841. The van der Waals surface area contributed by atoms with Crippen LogP contribution < -0.4 is 5.32 Å². The molecule has 0 fully saturated rings. The van der Waals surface area contributed by atoms with Crippen LogP contribution in [0, 0.1) is 0 Å². The summed E-state index contributed by atoms with van der Waals surface area (Å²) < 4.78 is 5.55. The van der Waals surface area contributed by atoms with Crippen LogP contribution in [0.25, 0.3) is 0 Å².